The molecule has 2 heterocycles. The number of piperidine rings is 1. The Morgan fingerprint density at radius 3 is 2.55 bits per heavy atom. The number of nitrogens with zero attached hydrogens (tertiary/aromatic N) is 3. The highest BCUT2D eigenvalue weighted by Crippen LogP contribution is 2.23. The smallest absolute Gasteiger partial charge is 0.241 e. The molecule has 1 aliphatic heterocycles. The van der Waals surface area contributed by atoms with Crippen LogP contribution in [0, 0.1) is 19.8 Å². The molecule has 6 nitrogen and oxygen atoms in total. The lowest BCUT2D eigenvalue weighted by molar-refractivity contribution is -0.121. The van der Waals surface area contributed by atoms with Gasteiger partial charge in [0, 0.05) is 17.2 Å². The van der Waals surface area contributed by atoms with Crippen LogP contribution in [0.15, 0.2) is 53.1 Å². The van der Waals surface area contributed by atoms with Crippen LogP contribution in [0.1, 0.15) is 29.9 Å². The topological polar surface area (TPSA) is 71.3 Å². The Kier molecular flexibility index (Phi) is 5.71. The van der Waals surface area contributed by atoms with Gasteiger partial charge in [0.15, 0.2) is 0 Å². The molecule has 0 radical (unpaired) electrons. The average Bonchev–Trinajstić information content (AvgIpc) is 3.19. The molecule has 0 spiro atoms. The second-order valence-electron chi connectivity index (χ2n) is 7.73. The number of carbonyl (C=O) groups is 1. The van der Waals surface area contributed by atoms with E-state index in [0.717, 1.165) is 42.7 Å². The summed E-state index contributed by atoms with van der Waals surface area (Å²) in [5, 5.41) is 7.17. The quantitative estimate of drug-likeness (QED) is 0.707. The predicted molar refractivity (Wildman–Crippen MR) is 112 cm³/mol. The molecule has 1 aromatic heterocycles. The molecule has 0 aliphatic carbocycles. The molecule has 1 amide bonds. The van der Waals surface area contributed by atoms with Crippen LogP contribution in [-0.4, -0.2) is 34.0 Å². The van der Waals surface area contributed by atoms with Crippen LogP contribution in [0.4, 0.5) is 5.69 Å². The molecule has 0 saturated carbocycles. The molecule has 1 saturated heterocycles. The molecule has 2 aromatic carbocycles. The molecular formula is C23H26N4O2. The number of aryl methyl sites for hydroxylation is 2. The summed E-state index contributed by atoms with van der Waals surface area (Å²) in [6, 6.07) is 16.0. The first-order valence-corrected chi connectivity index (χ1v) is 10.1. The van der Waals surface area contributed by atoms with Gasteiger partial charge in [0.2, 0.25) is 17.6 Å². The molecule has 0 atom stereocenters. The zero-order valence-corrected chi connectivity index (χ0v) is 16.9. The molecule has 29 heavy (non-hydrogen) atoms. The molecule has 150 valence electrons. The Morgan fingerprint density at radius 1 is 1.10 bits per heavy atom. The van der Waals surface area contributed by atoms with Crippen LogP contribution in [0.25, 0.3) is 11.4 Å². The van der Waals surface area contributed by atoms with E-state index in [1.165, 1.54) is 5.56 Å². The van der Waals surface area contributed by atoms with Crippen molar-refractivity contribution in [1.29, 1.82) is 0 Å². The number of rotatable bonds is 5. The van der Waals surface area contributed by atoms with Gasteiger partial charge in [0.05, 0.1) is 6.54 Å². The molecule has 6 heteroatoms. The molecule has 1 aliphatic rings. The molecular weight excluding hydrogens is 364 g/mol. The number of benzene rings is 2. The highest BCUT2D eigenvalue weighted by Gasteiger charge is 2.26. The third kappa shape index (κ3) is 4.71. The van der Waals surface area contributed by atoms with Gasteiger partial charge in [-0.15, -0.1) is 0 Å². The van der Waals surface area contributed by atoms with Crippen molar-refractivity contribution in [3.05, 3.63) is 65.5 Å². The summed E-state index contributed by atoms with van der Waals surface area (Å²) in [5.74, 6) is 1.38. The maximum Gasteiger partial charge on any atom is 0.241 e. The molecule has 3 aromatic rings. The zero-order chi connectivity index (χ0) is 20.2. The number of likely N-dealkylation sites (tertiary alicyclic amines) is 1. The number of hydrogen-bond donors (Lipinski definition) is 1. The summed E-state index contributed by atoms with van der Waals surface area (Å²) in [6.45, 7) is 6.36. The van der Waals surface area contributed by atoms with Gasteiger partial charge in [-0.2, -0.15) is 4.98 Å². The summed E-state index contributed by atoms with van der Waals surface area (Å²) >= 11 is 0. The van der Waals surface area contributed by atoms with Crippen molar-refractivity contribution in [3.8, 4) is 11.4 Å². The van der Waals surface area contributed by atoms with E-state index in [9.17, 15) is 4.79 Å². The number of nitrogens with one attached hydrogen (secondary N) is 1. The number of para-hydroxylation sites is 1. The van der Waals surface area contributed by atoms with Crippen LogP contribution in [0.2, 0.25) is 0 Å². The maximum atomic E-state index is 12.6. The van der Waals surface area contributed by atoms with Gasteiger partial charge in [-0.05, 0) is 51.4 Å². The van der Waals surface area contributed by atoms with Crippen molar-refractivity contribution in [2.45, 2.75) is 33.2 Å². The average molecular weight is 390 g/mol. The monoisotopic (exact) mass is 390 g/mol. The Balaban J connectivity index is 1.29. The van der Waals surface area contributed by atoms with Crippen molar-refractivity contribution in [1.82, 2.24) is 15.0 Å². The van der Waals surface area contributed by atoms with Crippen LogP contribution in [0.3, 0.4) is 0 Å². The van der Waals surface area contributed by atoms with E-state index >= 15 is 0 Å². The van der Waals surface area contributed by atoms with E-state index < -0.39 is 0 Å². The summed E-state index contributed by atoms with van der Waals surface area (Å²) in [5.41, 5.74) is 4.14. The first kappa shape index (κ1) is 19.3. The fourth-order valence-electron chi connectivity index (χ4n) is 3.63. The second-order valence-corrected chi connectivity index (χ2v) is 7.73. The largest absolute Gasteiger partial charge is 0.338 e. The van der Waals surface area contributed by atoms with Gasteiger partial charge in [0.1, 0.15) is 0 Å². The van der Waals surface area contributed by atoms with Crippen molar-refractivity contribution < 1.29 is 9.32 Å². The standard InChI is InChI=1S/C23H26N4O2/c1-16-7-9-18(10-8-16)22-25-21(29-26-22)15-27-13-11-19(12-14-27)23(28)24-20-6-4-3-5-17(20)2/h3-10,19H,11-15H2,1-2H3,(H,24,28). The number of aromatic nitrogens is 2. The highest BCUT2D eigenvalue weighted by atomic mass is 16.5. The van der Waals surface area contributed by atoms with Crippen molar-refractivity contribution in [2.75, 3.05) is 18.4 Å². The van der Waals surface area contributed by atoms with E-state index in [1.807, 2.05) is 55.5 Å². The van der Waals surface area contributed by atoms with E-state index in [0.29, 0.717) is 18.3 Å². The fourth-order valence-corrected chi connectivity index (χ4v) is 3.63. The minimum Gasteiger partial charge on any atom is -0.338 e. The summed E-state index contributed by atoms with van der Waals surface area (Å²) < 4.78 is 5.44. The normalized spacial score (nSPS) is 15.4. The van der Waals surface area contributed by atoms with E-state index in [1.54, 1.807) is 0 Å². The van der Waals surface area contributed by atoms with E-state index in [-0.39, 0.29) is 11.8 Å². The maximum absolute atomic E-state index is 12.6. The summed E-state index contributed by atoms with van der Waals surface area (Å²) in [4.78, 5) is 19.4. The Bertz CT molecular complexity index is 973. The van der Waals surface area contributed by atoms with Gasteiger partial charge in [-0.1, -0.05) is 53.2 Å². The molecule has 0 bridgehead atoms. The van der Waals surface area contributed by atoms with Crippen molar-refractivity contribution in [3.63, 3.8) is 0 Å². The zero-order valence-electron chi connectivity index (χ0n) is 16.9. The van der Waals surface area contributed by atoms with Crippen LogP contribution in [0.5, 0.6) is 0 Å². The third-order valence-electron chi connectivity index (χ3n) is 5.50. The Hall–Kier alpha value is -2.99. The SMILES string of the molecule is Cc1ccc(-c2noc(CN3CCC(C(=O)Nc4ccccc4C)CC3)n2)cc1. The number of amides is 1. The summed E-state index contributed by atoms with van der Waals surface area (Å²) in [6.07, 6.45) is 1.66. The molecule has 1 fully saturated rings. The van der Waals surface area contributed by atoms with Crippen LogP contribution < -0.4 is 5.32 Å². The van der Waals surface area contributed by atoms with Gasteiger partial charge >= 0.3 is 0 Å². The van der Waals surface area contributed by atoms with Gasteiger partial charge in [-0.3, -0.25) is 9.69 Å². The van der Waals surface area contributed by atoms with Crippen molar-refractivity contribution in [2.24, 2.45) is 5.92 Å². The highest BCUT2D eigenvalue weighted by molar-refractivity contribution is 5.93. The minimum absolute atomic E-state index is 0.0386. The second kappa shape index (κ2) is 8.57. The van der Waals surface area contributed by atoms with Crippen LogP contribution in [-0.2, 0) is 11.3 Å². The first-order chi connectivity index (χ1) is 14.1. The third-order valence-corrected chi connectivity index (χ3v) is 5.50. The Morgan fingerprint density at radius 2 is 1.83 bits per heavy atom. The minimum atomic E-state index is 0.0386. The summed E-state index contributed by atoms with van der Waals surface area (Å²) in [7, 11) is 0. The predicted octanol–water partition coefficient (Wildman–Crippen LogP) is 4.20. The first-order valence-electron chi connectivity index (χ1n) is 10.1. The lowest BCUT2D eigenvalue weighted by Gasteiger charge is -2.30. The van der Waals surface area contributed by atoms with E-state index in [2.05, 4.69) is 27.3 Å². The van der Waals surface area contributed by atoms with Crippen LogP contribution >= 0.6 is 0 Å². The molecule has 4 rings (SSSR count). The lowest BCUT2D eigenvalue weighted by Crippen LogP contribution is -2.37. The lowest BCUT2D eigenvalue weighted by atomic mass is 9.95. The van der Waals surface area contributed by atoms with E-state index in [4.69, 9.17) is 4.52 Å². The van der Waals surface area contributed by atoms with Crippen molar-refractivity contribution >= 4 is 11.6 Å². The van der Waals surface area contributed by atoms with Gasteiger partial charge in [0.25, 0.3) is 0 Å². The fraction of sp³-hybridized carbons (Fsp3) is 0.348. The van der Waals surface area contributed by atoms with Gasteiger partial charge < -0.3 is 9.84 Å². The molecule has 1 N–H and O–H groups in total. The number of carbonyl (C=O) groups excluding carboxylic acids is 1. The Labute approximate surface area is 170 Å². The molecule has 0 unspecified atom stereocenters. The number of hydrogen-bond acceptors (Lipinski definition) is 5. The number of anilines is 1. The van der Waals surface area contributed by atoms with Gasteiger partial charge in [-0.25, -0.2) is 0 Å².